The lowest BCUT2D eigenvalue weighted by atomic mass is 9.93. The van der Waals surface area contributed by atoms with Crippen LogP contribution in [0.25, 0.3) is 0 Å². The van der Waals surface area contributed by atoms with Crippen molar-refractivity contribution in [2.24, 2.45) is 16.3 Å². The number of hydrogen-bond donors (Lipinski definition) is 1. The summed E-state index contributed by atoms with van der Waals surface area (Å²) < 4.78 is 5.60. The molecule has 1 fully saturated rings. The highest BCUT2D eigenvalue weighted by Gasteiger charge is 2.38. The fraction of sp³-hybridized carbons (Fsp3) is 0.542. The number of hydrogen-bond acceptors (Lipinski definition) is 6. The Morgan fingerprint density at radius 3 is 2.55 bits per heavy atom. The van der Waals surface area contributed by atoms with Gasteiger partial charge >= 0.3 is 5.97 Å². The fourth-order valence-electron chi connectivity index (χ4n) is 3.46. The van der Waals surface area contributed by atoms with E-state index in [1.54, 1.807) is 11.8 Å². The summed E-state index contributed by atoms with van der Waals surface area (Å²) in [5, 5.41) is 3.92. The van der Waals surface area contributed by atoms with E-state index in [-0.39, 0.29) is 23.8 Å². The normalized spacial score (nSPS) is 19.1. The molecule has 6 nitrogen and oxygen atoms in total. The lowest BCUT2D eigenvalue weighted by Gasteiger charge is -2.40. The van der Waals surface area contributed by atoms with E-state index in [0.29, 0.717) is 17.9 Å². The van der Waals surface area contributed by atoms with Crippen LogP contribution in [0, 0.1) is 11.3 Å². The minimum absolute atomic E-state index is 0.0338. The number of ether oxygens (including phenoxy) is 1. The number of aliphatic imine (C=N–C) groups is 1. The van der Waals surface area contributed by atoms with Crippen molar-refractivity contribution < 1.29 is 14.3 Å². The monoisotopic (exact) mass is 443 g/mol. The predicted octanol–water partition coefficient (Wildman–Crippen LogP) is 4.99. The number of nitrogens with one attached hydrogen (secondary N) is 1. The largest absolute Gasteiger partial charge is 0.462 e. The Morgan fingerprint density at radius 1 is 1.26 bits per heavy atom. The summed E-state index contributed by atoms with van der Waals surface area (Å²) >= 11 is 1.73. The number of carbonyl (C=O) groups is 2. The van der Waals surface area contributed by atoms with E-state index in [0.717, 1.165) is 35.1 Å². The molecule has 0 unspecified atom stereocenters. The van der Waals surface area contributed by atoms with E-state index in [1.807, 2.05) is 65.8 Å². The highest BCUT2D eigenvalue weighted by Crippen LogP contribution is 2.40. The molecule has 1 aromatic carbocycles. The number of thioether (sulfide) groups is 1. The van der Waals surface area contributed by atoms with Gasteiger partial charge in [-0.2, -0.15) is 0 Å². The molecule has 2 aliphatic heterocycles. The molecular formula is C24H33N3O3S. The molecule has 0 radical (unpaired) electrons. The number of fused-ring (bicyclic) bond motifs is 1. The van der Waals surface area contributed by atoms with Crippen LogP contribution in [-0.2, 0) is 14.3 Å². The number of amides is 1. The third kappa shape index (κ3) is 5.50. The van der Waals surface area contributed by atoms with Gasteiger partial charge in [0, 0.05) is 23.4 Å². The summed E-state index contributed by atoms with van der Waals surface area (Å²) in [6.07, 6.45) is 1.03. The molecule has 2 aliphatic rings. The second kappa shape index (κ2) is 9.47. The quantitative estimate of drug-likeness (QED) is 0.649. The minimum Gasteiger partial charge on any atom is -0.462 e. The van der Waals surface area contributed by atoms with Crippen LogP contribution in [0.5, 0.6) is 0 Å². The van der Waals surface area contributed by atoms with E-state index >= 15 is 0 Å². The number of anilines is 1. The summed E-state index contributed by atoms with van der Waals surface area (Å²) in [7, 11) is 0. The molecule has 0 aromatic heterocycles. The van der Waals surface area contributed by atoms with Crippen molar-refractivity contribution in [3.8, 4) is 0 Å². The van der Waals surface area contributed by atoms with Gasteiger partial charge in [0.05, 0.1) is 23.9 Å². The van der Waals surface area contributed by atoms with E-state index in [4.69, 9.17) is 9.73 Å². The first-order chi connectivity index (χ1) is 14.6. The Bertz CT molecular complexity index is 898. The van der Waals surface area contributed by atoms with Crippen molar-refractivity contribution in [3.05, 3.63) is 41.1 Å². The summed E-state index contributed by atoms with van der Waals surface area (Å²) in [6.45, 7) is 12.8. The van der Waals surface area contributed by atoms with Gasteiger partial charge in [-0.05, 0) is 37.0 Å². The van der Waals surface area contributed by atoms with Crippen LogP contribution in [0.1, 0.15) is 59.6 Å². The topological polar surface area (TPSA) is 71.0 Å². The first kappa shape index (κ1) is 23.4. The van der Waals surface area contributed by atoms with E-state index in [2.05, 4.69) is 10.2 Å². The molecule has 1 aromatic rings. The van der Waals surface area contributed by atoms with E-state index in [9.17, 15) is 9.59 Å². The Labute approximate surface area is 189 Å². The maximum atomic E-state index is 13.1. The number of allylic oxidation sites excluding steroid dienone is 1. The molecule has 0 saturated carbocycles. The second-order valence-electron chi connectivity index (χ2n) is 9.51. The first-order valence-corrected chi connectivity index (χ1v) is 11.8. The number of amidine groups is 1. The van der Waals surface area contributed by atoms with Gasteiger partial charge in [0.2, 0.25) is 5.91 Å². The van der Waals surface area contributed by atoms with Gasteiger partial charge in [0.25, 0.3) is 0 Å². The van der Waals surface area contributed by atoms with Gasteiger partial charge in [0.15, 0.2) is 5.17 Å². The summed E-state index contributed by atoms with van der Waals surface area (Å²) in [5.41, 5.74) is 2.57. The van der Waals surface area contributed by atoms with Crippen molar-refractivity contribution in [2.75, 3.05) is 24.2 Å². The minimum atomic E-state index is -0.467. The fourth-order valence-corrected chi connectivity index (χ4v) is 4.48. The van der Waals surface area contributed by atoms with Gasteiger partial charge in [-0.1, -0.05) is 58.5 Å². The highest BCUT2D eigenvalue weighted by atomic mass is 32.2. The molecule has 1 saturated heterocycles. The van der Waals surface area contributed by atoms with Crippen molar-refractivity contribution in [3.63, 3.8) is 0 Å². The zero-order valence-corrected chi connectivity index (χ0v) is 20.1. The van der Waals surface area contributed by atoms with E-state index in [1.165, 1.54) is 0 Å². The summed E-state index contributed by atoms with van der Waals surface area (Å²) in [6, 6.07) is 7.51. The number of nitrogens with zero attached hydrogens (tertiary/aromatic N) is 2. The van der Waals surface area contributed by atoms with Gasteiger partial charge in [-0.15, -0.1) is 0 Å². The van der Waals surface area contributed by atoms with E-state index < -0.39 is 5.41 Å². The molecule has 1 N–H and O–H groups in total. The molecule has 31 heavy (non-hydrogen) atoms. The van der Waals surface area contributed by atoms with Crippen molar-refractivity contribution in [1.29, 1.82) is 0 Å². The molecule has 168 valence electrons. The van der Waals surface area contributed by atoms with Gasteiger partial charge in [-0.3, -0.25) is 4.79 Å². The number of benzene rings is 1. The summed E-state index contributed by atoms with van der Waals surface area (Å²) in [4.78, 5) is 32.3. The molecule has 1 amide bonds. The first-order valence-electron chi connectivity index (χ1n) is 10.9. The molecule has 0 bridgehead atoms. The van der Waals surface area contributed by atoms with Crippen LogP contribution in [0.3, 0.4) is 0 Å². The number of esters is 1. The standard InChI is InChI=1S/C24H33N3O3S/c1-15(2)14-30-21(28)19-16(3)25-23-27(12-7-13-31-23)20(19)17-8-10-18(11-9-17)26-22(29)24(4,5)6/h8-11,15,20H,7,12-14H2,1-6H3,(H,26,29)/t20-/m1/s1. The molecule has 2 heterocycles. The molecular weight excluding hydrogens is 410 g/mol. The van der Waals surface area contributed by atoms with Crippen molar-refractivity contribution in [2.45, 2.75) is 54.0 Å². The Morgan fingerprint density at radius 2 is 1.94 bits per heavy atom. The lowest BCUT2D eigenvalue weighted by molar-refractivity contribution is -0.141. The van der Waals surface area contributed by atoms with Gasteiger partial charge in [0.1, 0.15) is 0 Å². The molecule has 7 heteroatoms. The smallest absolute Gasteiger partial charge is 0.338 e. The van der Waals surface area contributed by atoms with Gasteiger partial charge < -0.3 is 15.0 Å². The average Bonchev–Trinajstić information content (AvgIpc) is 2.71. The number of carbonyl (C=O) groups excluding carboxylic acids is 2. The SMILES string of the molecule is CC1=C(C(=O)OCC(C)C)[C@@H](c2ccc(NC(=O)C(C)(C)C)cc2)N2CCCSC2=N1. The Balaban J connectivity index is 1.92. The van der Waals surface area contributed by atoms with Crippen molar-refractivity contribution in [1.82, 2.24) is 4.90 Å². The van der Waals surface area contributed by atoms with Crippen LogP contribution in [-0.4, -0.2) is 40.8 Å². The summed E-state index contributed by atoms with van der Waals surface area (Å²) in [5.74, 6) is 0.954. The maximum absolute atomic E-state index is 13.1. The molecule has 0 aliphatic carbocycles. The second-order valence-corrected chi connectivity index (χ2v) is 10.6. The molecule has 3 rings (SSSR count). The maximum Gasteiger partial charge on any atom is 0.338 e. The molecule has 1 atom stereocenters. The zero-order valence-electron chi connectivity index (χ0n) is 19.3. The van der Waals surface area contributed by atoms with Crippen LogP contribution >= 0.6 is 11.8 Å². The van der Waals surface area contributed by atoms with Crippen LogP contribution in [0.2, 0.25) is 0 Å². The third-order valence-electron chi connectivity index (χ3n) is 5.19. The number of rotatable bonds is 5. The zero-order chi connectivity index (χ0) is 22.8. The van der Waals surface area contributed by atoms with Crippen LogP contribution < -0.4 is 5.32 Å². The predicted molar refractivity (Wildman–Crippen MR) is 127 cm³/mol. The van der Waals surface area contributed by atoms with Crippen LogP contribution in [0.4, 0.5) is 5.69 Å². The Hall–Kier alpha value is -2.28. The Kier molecular flexibility index (Phi) is 7.14. The average molecular weight is 444 g/mol. The highest BCUT2D eigenvalue weighted by molar-refractivity contribution is 8.13. The lowest BCUT2D eigenvalue weighted by Crippen LogP contribution is -2.42. The van der Waals surface area contributed by atoms with Crippen LogP contribution in [0.15, 0.2) is 40.5 Å². The van der Waals surface area contributed by atoms with Gasteiger partial charge in [-0.25, -0.2) is 9.79 Å². The molecule has 0 spiro atoms. The third-order valence-corrected chi connectivity index (χ3v) is 6.27. The van der Waals surface area contributed by atoms with Crippen molar-refractivity contribution >= 4 is 34.5 Å².